The highest BCUT2D eigenvalue weighted by Crippen LogP contribution is 2.18. The molecule has 2 rings (SSSR count). The zero-order valence-electron chi connectivity index (χ0n) is 8.73. The lowest BCUT2D eigenvalue weighted by Crippen LogP contribution is -2.04. The molecule has 4 nitrogen and oxygen atoms in total. The van der Waals surface area contributed by atoms with Crippen molar-refractivity contribution in [2.75, 3.05) is 6.61 Å². The maximum atomic E-state index is 11.6. The zero-order valence-corrected chi connectivity index (χ0v) is 8.73. The van der Waals surface area contributed by atoms with Crippen LogP contribution in [0.5, 0.6) is 0 Å². The Balaban J connectivity index is 2.56. The van der Waals surface area contributed by atoms with Crippen molar-refractivity contribution in [1.29, 1.82) is 0 Å². The summed E-state index contributed by atoms with van der Waals surface area (Å²) in [4.78, 5) is 11.6. The van der Waals surface area contributed by atoms with Crippen molar-refractivity contribution < 1.29 is 9.53 Å². The number of benzene rings is 1. The molecule has 0 unspecified atom stereocenters. The van der Waals surface area contributed by atoms with Crippen molar-refractivity contribution in [3.05, 3.63) is 30.0 Å². The van der Waals surface area contributed by atoms with E-state index in [-0.39, 0.29) is 5.97 Å². The van der Waals surface area contributed by atoms with E-state index in [4.69, 9.17) is 4.74 Å². The highest BCUT2D eigenvalue weighted by Gasteiger charge is 2.12. The minimum atomic E-state index is -0.295. The standard InChI is InChI=1S/C11H12N2O2/c1-3-15-11(14)8-5-4-6-10-9(8)7-12-13(10)2/h4-7H,3H2,1-2H3. The summed E-state index contributed by atoms with van der Waals surface area (Å²) in [5, 5.41) is 4.94. The lowest BCUT2D eigenvalue weighted by Gasteiger charge is -2.02. The Morgan fingerprint density at radius 1 is 1.53 bits per heavy atom. The fraction of sp³-hybridized carbons (Fsp3) is 0.273. The molecule has 15 heavy (non-hydrogen) atoms. The Kier molecular flexibility index (Phi) is 2.41. The molecule has 1 heterocycles. The summed E-state index contributed by atoms with van der Waals surface area (Å²) in [5.74, 6) is -0.295. The Morgan fingerprint density at radius 2 is 2.33 bits per heavy atom. The molecule has 0 radical (unpaired) electrons. The molecule has 2 aromatic rings. The van der Waals surface area contributed by atoms with Crippen LogP contribution in [0.1, 0.15) is 17.3 Å². The third-order valence-electron chi connectivity index (χ3n) is 2.29. The summed E-state index contributed by atoms with van der Waals surface area (Å²) in [5.41, 5.74) is 1.50. The summed E-state index contributed by atoms with van der Waals surface area (Å²) in [6.45, 7) is 2.18. The van der Waals surface area contributed by atoms with Crippen LogP contribution in [0, 0.1) is 0 Å². The molecule has 0 aliphatic carbocycles. The number of hydrogen-bond donors (Lipinski definition) is 0. The molecule has 0 saturated heterocycles. The molecule has 78 valence electrons. The first-order chi connectivity index (χ1) is 7.24. The average Bonchev–Trinajstić information content (AvgIpc) is 2.61. The van der Waals surface area contributed by atoms with Crippen LogP contribution >= 0.6 is 0 Å². The van der Waals surface area contributed by atoms with E-state index in [1.54, 1.807) is 23.9 Å². The Labute approximate surface area is 87.5 Å². The number of hydrogen-bond acceptors (Lipinski definition) is 3. The van der Waals surface area contributed by atoms with E-state index in [1.807, 2.05) is 19.2 Å². The van der Waals surface area contributed by atoms with Gasteiger partial charge in [0.05, 0.1) is 23.9 Å². The molecule has 0 N–H and O–H groups in total. The van der Waals surface area contributed by atoms with Gasteiger partial charge in [0.1, 0.15) is 0 Å². The first-order valence-corrected chi connectivity index (χ1v) is 4.82. The van der Waals surface area contributed by atoms with E-state index in [0.29, 0.717) is 12.2 Å². The predicted octanol–water partition coefficient (Wildman–Crippen LogP) is 1.75. The van der Waals surface area contributed by atoms with Crippen molar-refractivity contribution in [2.24, 2.45) is 7.05 Å². The van der Waals surface area contributed by atoms with E-state index >= 15 is 0 Å². The van der Waals surface area contributed by atoms with Crippen LogP contribution in [0.15, 0.2) is 24.4 Å². The van der Waals surface area contributed by atoms with Crippen molar-refractivity contribution >= 4 is 16.9 Å². The van der Waals surface area contributed by atoms with Gasteiger partial charge in [0, 0.05) is 12.4 Å². The monoisotopic (exact) mass is 204 g/mol. The molecule has 0 amide bonds. The highest BCUT2D eigenvalue weighted by molar-refractivity contribution is 6.03. The maximum Gasteiger partial charge on any atom is 0.338 e. The second-order valence-electron chi connectivity index (χ2n) is 3.23. The van der Waals surface area contributed by atoms with Gasteiger partial charge in [0.2, 0.25) is 0 Å². The molecule has 1 aromatic heterocycles. The first kappa shape index (κ1) is 9.71. The van der Waals surface area contributed by atoms with Gasteiger partial charge in [-0.25, -0.2) is 4.79 Å². The van der Waals surface area contributed by atoms with Crippen molar-refractivity contribution in [3.8, 4) is 0 Å². The summed E-state index contributed by atoms with van der Waals surface area (Å²) in [6.07, 6.45) is 1.68. The lowest BCUT2D eigenvalue weighted by atomic mass is 10.1. The molecule has 0 spiro atoms. The molecule has 0 aliphatic rings. The van der Waals surface area contributed by atoms with Crippen LogP contribution < -0.4 is 0 Å². The smallest absolute Gasteiger partial charge is 0.338 e. The van der Waals surface area contributed by atoms with Gasteiger partial charge in [-0.2, -0.15) is 5.10 Å². The Hall–Kier alpha value is -1.84. The van der Waals surface area contributed by atoms with E-state index in [9.17, 15) is 4.79 Å². The third kappa shape index (κ3) is 1.58. The van der Waals surface area contributed by atoms with Gasteiger partial charge in [-0.05, 0) is 19.1 Å². The molecular formula is C11H12N2O2. The fourth-order valence-corrected chi connectivity index (χ4v) is 1.56. The highest BCUT2D eigenvalue weighted by atomic mass is 16.5. The topological polar surface area (TPSA) is 44.1 Å². The van der Waals surface area contributed by atoms with E-state index in [1.165, 1.54) is 0 Å². The van der Waals surface area contributed by atoms with Gasteiger partial charge in [-0.3, -0.25) is 4.68 Å². The molecule has 4 heteroatoms. The molecule has 1 aromatic carbocycles. The van der Waals surface area contributed by atoms with Gasteiger partial charge >= 0.3 is 5.97 Å². The number of nitrogens with zero attached hydrogens (tertiary/aromatic N) is 2. The van der Waals surface area contributed by atoms with Crippen molar-refractivity contribution in [2.45, 2.75) is 6.92 Å². The number of carbonyl (C=O) groups excluding carboxylic acids is 1. The largest absolute Gasteiger partial charge is 0.462 e. The average molecular weight is 204 g/mol. The number of carbonyl (C=O) groups is 1. The lowest BCUT2D eigenvalue weighted by molar-refractivity contribution is 0.0528. The fourth-order valence-electron chi connectivity index (χ4n) is 1.56. The molecule has 0 aliphatic heterocycles. The summed E-state index contributed by atoms with van der Waals surface area (Å²) < 4.78 is 6.70. The van der Waals surface area contributed by atoms with Crippen LogP contribution in [-0.4, -0.2) is 22.4 Å². The summed E-state index contributed by atoms with van der Waals surface area (Å²) in [7, 11) is 1.84. The first-order valence-electron chi connectivity index (χ1n) is 4.82. The number of aromatic nitrogens is 2. The van der Waals surface area contributed by atoms with Gasteiger partial charge in [0.25, 0.3) is 0 Å². The van der Waals surface area contributed by atoms with Crippen LogP contribution in [-0.2, 0) is 11.8 Å². The van der Waals surface area contributed by atoms with Gasteiger partial charge < -0.3 is 4.74 Å². The van der Waals surface area contributed by atoms with E-state index in [2.05, 4.69) is 5.10 Å². The van der Waals surface area contributed by atoms with Gasteiger partial charge in [-0.15, -0.1) is 0 Å². The predicted molar refractivity (Wildman–Crippen MR) is 56.7 cm³/mol. The molecule has 0 saturated carbocycles. The summed E-state index contributed by atoms with van der Waals surface area (Å²) >= 11 is 0. The third-order valence-corrected chi connectivity index (χ3v) is 2.29. The van der Waals surface area contributed by atoms with Crippen molar-refractivity contribution in [1.82, 2.24) is 9.78 Å². The minimum absolute atomic E-state index is 0.295. The number of rotatable bonds is 2. The second kappa shape index (κ2) is 3.73. The molecule has 0 fully saturated rings. The Morgan fingerprint density at radius 3 is 3.07 bits per heavy atom. The van der Waals surface area contributed by atoms with Gasteiger partial charge in [-0.1, -0.05) is 6.07 Å². The normalized spacial score (nSPS) is 10.5. The molecule has 0 atom stereocenters. The Bertz CT molecular complexity index is 502. The minimum Gasteiger partial charge on any atom is -0.462 e. The van der Waals surface area contributed by atoms with Crippen LogP contribution in [0.3, 0.4) is 0 Å². The number of esters is 1. The van der Waals surface area contributed by atoms with E-state index in [0.717, 1.165) is 10.9 Å². The van der Waals surface area contributed by atoms with Gasteiger partial charge in [0.15, 0.2) is 0 Å². The van der Waals surface area contributed by atoms with Crippen LogP contribution in [0.4, 0.5) is 0 Å². The number of ether oxygens (including phenoxy) is 1. The SMILES string of the molecule is CCOC(=O)c1cccc2c1cnn2C. The van der Waals surface area contributed by atoms with E-state index < -0.39 is 0 Å². The zero-order chi connectivity index (χ0) is 10.8. The quantitative estimate of drug-likeness (QED) is 0.700. The molecule has 0 bridgehead atoms. The number of fused-ring (bicyclic) bond motifs is 1. The van der Waals surface area contributed by atoms with Crippen LogP contribution in [0.2, 0.25) is 0 Å². The van der Waals surface area contributed by atoms with Crippen molar-refractivity contribution in [3.63, 3.8) is 0 Å². The summed E-state index contributed by atoms with van der Waals surface area (Å²) in [6, 6.07) is 5.50. The van der Waals surface area contributed by atoms with Crippen LogP contribution in [0.25, 0.3) is 10.9 Å². The second-order valence-corrected chi connectivity index (χ2v) is 3.23. The maximum absolute atomic E-state index is 11.6. The number of aryl methyl sites for hydroxylation is 1. The molecular weight excluding hydrogens is 192 g/mol.